The number of aryl methyl sites for hydroxylation is 1. The van der Waals surface area contributed by atoms with Crippen molar-refractivity contribution in [3.63, 3.8) is 0 Å². The number of nitrogens with two attached hydrogens (primary N) is 1. The molecule has 4 heteroatoms. The van der Waals surface area contributed by atoms with Gasteiger partial charge in [0.2, 0.25) is 0 Å². The second kappa shape index (κ2) is 4.90. The Morgan fingerprint density at radius 2 is 1.94 bits per heavy atom. The van der Waals surface area contributed by atoms with Gasteiger partial charge in [-0.1, -0.05) is 49.4 Å². The summed E-state index contributed by atoms with van der Waals surface area (Å²) in [7, 11) is 0. The average Bonchev–Trinajstić information content (AvgIpc) is 2.87. The molecule has 1 atom stereocenters. The highest BCUT2D eigenvalue weighted by Crippen LogP contribution is 2.34. The van der Waals surface area contributed by atoms with Crippen molar-refractivity contribution in [3.8, 4) is 0 Å². The Bertz CT molecular complexity index is 502. The first-order valence-electron chi connectivity index (χ1n) is 6.27. The fourth-order valence-electron chi connectivity index (χ4n) is 2.17. The van der Waals surface area contributed by atoms with Gasteiger partial charge in [-0.2, -0.15) is 0 Å². The molecule has 0 radical (unpaired) electrons. The van der Waals surface area contributed by atoms with Gasteiger partial charge in [-0.15, -0.1) is 5.10 Å². The third kappa shape index (κ3) is 2.16. The molecule has 0 saturated carbocycles. The molecule has 0 spiro atoms. The number of benzene rings is 1. The van der Waals surface area contributed by atoms with E-state index in [1.165, 1.54) is 5.56 Å². The Morgan fingerprint density at radius 3 is 2.56 bits per heavy atom. The zero-order valence-electron chi connectivity index (χ0n) is 11.2. The molecule has 4 nitrogen and oxygen atoms in total. The van der Waals surface area contributed by atoms with Crippen LogP contribution >= 0.6 is 0 Å². The Morgan fingerprint density at radius 1 is 1.28 bits per heavy atom. The summed E-state index contributed by atoms with van der Waals surface area (Å²) in [6, 6.07) is 10.2. The number of hydrogen-bond acceptors (Lipinski definition) is 3. The van der Waals surface area contributed by atoms with Gasteiger partial charge in [-0.05, 0) is 12.5 Å². The lowest BCUT2D eigenvalue weighted by atomic mass is 9.77. The van der Waals surface area contributed by atoms with E-state index in [1.54, 1.807) is 6.20 Å². The molecular formula is C14H20N4. The molecule has 2 rings (SSSR count). The van der Waals surface area contributed by atoms with Crippen LogP contribution in [0.3, 0.4) is 0 Å². The SMILES string of the molecule is CCn1nncc1C(N)C(C)(C)c1ccccc1. The van der Waals surface area contributed by atoms with Gasteiger partial charge >= 0.3 is 0 Å². The molecule has 1 aromatic carbocycles. The van der Waals surface area contributed by atoms with Gasteiger partial charge < -0.3 is 5.73 Å². The van der Waals surface area contributed by atoms with Crippen LogP contribution in [0.2, 0.25) is 0 Å². The molecule has 1 heterocycles. The van der Waals surface area contributed by atoms with Crippen molar-refractivity contribution in [1.82, 2.24) is 15.0 Å². The standard InChI is InChI=1S/C14H20N4/c1-4-18-12(10-16-17-18)13(15)14(2,3)11-8-6-5-7-9-11/h5-10,13H,4,15H2,1-3H3. The predicted octanol–water partition coefficient (Wildman–Crippen LogP) is 2.28. The minimum absolute atomic E-state index is 0.130. The number of hydrogen-bond donors (Lipinski definition) is 1. The van der Waals surface area contributed by atoms with Crippen molar-refractivity contribution in [3.05, 3.63) is 47.8 Å². The van der Waals surface area contributed by atoms with Gasteiger partial charge in [-0.3, -0.25) is 0 Å². The van der Waals surface area contributed by atoms with E-state index >= 15 is 0 Å². The molecule has 1 unspecified atom stereocenters. The van der Waals surface area contributed by atoms with E-state index in [4.69, 9.17) is 5.73 Å². The Labute approximate surface area is 108 Å². The summed E-state index contributed by atoms with van der Waals surface area (Å²) in [6.07, 6.45) is 1.76. The molecule has 0 amide bonds. The lowest BCUT2D eigenvalue weighted by Gasteiger charge is -2.32. The highest BCUT2D eigenvalue weighted by molar-refractivity contribution is 5.28. The van der Waals surface area contributed by atoms with E-state index in [-0.39, 0.29) is 11.5 Å². The molecular weight excluding hydrogens is 224 g/mol. The Hall–Kier alpha value is -1.68. The molecule has 0 bridgehead atoms. The number of aromatic nitrogens is 3. The van der Waals surface area contributed by atoms with Crippen LogP contribution in [-0.4, -0.2) is 15.0 Å². The van der Waals surface area contributed by atoms with Crippen molar-refractivity contribution in [2.24, 2.45) is 5.73 Å². The van der Waals surface area contributed by atoms with Crippen LogP contribution < -0.4 is 5.73 Å². The van der Waals surface area contributed by atoms with Crippen molar-refractivity contribution in [1.29, 1.82) is 0 Å². The van der Waals surface area contributed by atoms with Crippen LogP contribution in [0.1, 0.15) is 38.1 Å². The van der Waals surface area contributed by atoms with Crippen molar-refractivity contribution < 1.29 is 0 Å². The van der Waals surface area contributed by atoms with Crippen LogP contribution in [0, 0.1) is 0 Å². The molecule has 0 aliphatic carbocycles. The fourth-order valence-corrected chi connectivity index (χ4v) is 2.17. The normalized spacial score (nSPS) is 13.6. The molecule has 2 N–H and O–H groups in total. The van der Waals surface area contributed by atoms with Crippen molar-refractivity contribution in [2.45, 2.75) is 38.8 Å². The lowest BCUT2D eigenvalue weighted by molar-refractivity contribution is 0.394. The van der Waals surface area contributed by atoms with Crippen LogP contribution in [0.5, 0.6) is 0 Å². The Balaban J connectivity index is 2.36. The number of nitrogens with zero attached hydrogens (tertiary/aromatic N) is 3. The van der Waals surface area contributed by atoms with E-state index in [1.807, 2.05) is 29.8 Å². The average molecular weight is 244 g/mol. The van der Waals surface area contributed by atoms with Gasteiger partial charge in [0.1, 0.15) is 0 Å². The largest absolute Gasteiger partial charge is 0.322 e. The smallest absolute Gasteiger partial charge is 0.0763 e. The first-order chi connectivity index (χ1) is 8.57. The maximum Gasteiger partial charge on any atom is 0.0763 e. The summed E-state index contributed by atoms with van der Waals surface area (Å²) in [5, 5.41) is 8.00. The summed E-state index contributed by atoms with van der Waals surface area (Å²) in [4.78, 5) is 0. The molecule has 0 saturated heterocycles. The highest BCUT2D eigenvalue weighted by Gasteiger charge is 2.31. The van der Waals surface area contributed by atoms with Gasteiger partial charge in [0.15, 0.2) is 0 Å². The van der Waals surface area contributed by atoms with Crippen LogP contribution in [0.15, 0.2) is 36.5 Å². The molecule has 18 heavy (non-hydrogen) atoms. The third-order valence-corrected chi connectivity index (χ3v) is 3.56. The number of rotatable bonds is 4. The summed E-state index contributed by atoms with van der Waals surface area (Å²) in [5.74, 6) is 0. The van der Waals surface area contributed by atoms with Crippen LogP contribution in [0.25, 0.3) is 0 Å². The van der Waals surface area contributed by atoms with Crippen molar-refractivity contribution in [2.75, 3.05) is 0 Å². The second-order valence-electron chi connectivity index (χ2n) is 5.04. The highest BCUT2D eigenvalue weighted by atomic mass is 15.4. The van der Waals surface area contributed by atoms with Crippen LogP contribution in [0.4, 0.5) is 0 Å². The first kappa shape index (κ1) is 12.8. The van der Waals surface area contributed by atoms with Gasteiger partial charge in [0.25, 0.3) is 0 Å². The topological polar surface area (TPSA) is 56.7 Å². The van der Waals surface area contributed by atoms with Gasteiger partial charge in [-0.25, -0.2) is 4.68 Å². The Kier molecular flexibility index (Phi) is 3.48. The van der Waals surface area contributed by atoms with E-state index < -0.39 is 0 Å². The second-order valence-corrected chi connectivity index (χ2v) is 5.04. The molecule has 0 fully saturated rings. The summed E-state index contributed by atoms with van der Waals surface area (Å²) < 4.78 is 1.86. The zero-order valence-corrected chi connectivity index (χ0v) is 11.2. The molecule has 2 aromatic rings. The third-order valence-electron chi connectivity index (χ3n) is 3.56. The maximum absolute atomic E-state index is 6.42. The summed E-state index contributed by atoms with van der Waals surface area (Å²) in [5.41, 5.74) is 8.47. The zero-order chi connectivity index (χ0) is 13.2. The quantitative estimate of drug-likeness (QED) is 0.897. The van der Waals surface area contributed by atoms with Crippen molar-refractivity contribution >= 4 is 0 Å². The fraction of sp³-hybridized carbons (Fsp3) is 0.429. The minimum atomic E-state index is -0.157. The first-order valence-corrected chi connectivity index (χ1v) is 6.27. The van der Waals surface area contributed by atoms with Gasteiger partial charge in [0.05, 0.1) is 17.9 Å². The molecule has 1 aromatic heterocycles. The lowest BCUT2D eigenvalue weighted by Crippen LogP contribution is -2.34. The van der Waals surface area contributed by atoms with E-state index in [0.29, 0.717) is 0 Å². The molecule has 0 aliphatic heterocycles. The molecule has 0 aliphatic rings. The van der Waals surface area contributed by atoms with E-state index in [2.05, 4.69) is 36.3 Å². The van der Waals surface area contributed by atoms with E-state index in [0.717, 1.165) is 12.2 Å². The summed E-state index contributed by atoms with van der Waals surface area (Å²) in [6.45, 7) is 7.13. The van der Waals surface area contributed by atoms with Crippen LogP contribution in [-0.2, 0) is 12.0 Å². The van der Waals surface area contributed by atoms with Gasteiger partial charge in [0, 0.05) is 12.0 Å². The molecule has 96 valence electrons. The monoisotopic (exact) mass is 244 g/mol. The maximum atomic E-state index is 6.42. The minimum Gasteiger partial charge on any atom is -0.322 e. The predicted molar refractivity (Wildman–Crippen MR) is 72.1 cm³/mol. The van der Waals surface area contributed by atoms with E-state index in [9.17, 15) is 0 Å². The summed E-state index contributed by atoms with van der Waals surface area (Å²) >= 11 is 0.